The fourth-order valence-electron chi connectivity index (χ4n) is 3.35. The van der Waals surface area contributed by atoms with Crippen molar-refractivity contribution in [3.8, 4) is 0 Å². The molecule has 0 spiro atoms. The average Bonchev–Trinajstić information content (AvgIpc) is 2.62. The van der Waals surface area contributed by atoms with E-state index in [0.717, 1.165) is 36.6 Å². The van der Waals surface area contributed by atoms with E-state index in [4.69, 9.17) is 4.74 Å². The summed E-state index contributed by atoms with van der Waals surface area (Å²) in [4.78, 5) is 12.3. The van der Waals surface area contributed by atoms with E-state index in [9.17, 15) is 13.2 Å². The molecule has 1 amide bonds. The first-order valence-corrected chi connectivity index (χ1v) is 11.6. The molecule has 0 saturated heterocycles. The number of rotatable bonds is 9. The molecular formula is C20H32N2O4S. The molecule has 7 heteroatoms. The Hall–Kier alpha value is -1.60. The Morgan fingerprint density at radius 2 is 1.93 bits per heavy atom. The van der Waals surface area contributed by atoms with Gasteiger partial charge in [-0.2, -0.15) is 0 Å². The molecule has 1 fully saturated rings. The summed E-state index contributed by atoms with van der Waals surface area (Å²) in [6.45, 7) is 4.68. The van der Waals surface area contributed by atoms with Crippen LogP contribution < -0.4 is 9.62 Å². The largest absolute Gasteiger partial charge is 0.378 e. The molecule has 0 aliphatic heterocycles. The first-order chi connectivity index (χ1) is 12.8. The van der Waals surface area contributed by atoms with Crippen molar-refractivity contribution < 1.29 is 17.9 Å². The van der Waals surface area contributed by atoms with Crippen molar-refractivity contribution in [1.29, 1.82) is 0 Å². The fourth-order valence-corrected chi connectivity index (χ4v) is 4.26. The molecule has 1 saturated carbocycles. The van der Waals surface area contributed by atoms with Gasteiger partial charge in [-0.05, 0) is 50.3 Å². The van der Waals surface area contributed by atoms with Crippen LogP contribution in [-0.4, -0.2) is 46.4 Å². The topological polar surface area (TPSA) is 75.7 Å². The molecule has 0 aromatic heterocycles. The molecule has 0 atom stereocenters. The van der Waals surface area contributed by atoms with Gasteiger partial charge in [0, 0.05) is 13.2 Å². The van der Waals surface area contributed by atoms with E-state index in [2.05, 4.69) is 5.32 Å². The highest BCUT2D eigenvalue weighted by Gasteiger charge is 2.22. The molecule has 1 N–H and O–H groups in total. The van der Waals surface area contributed by atoms with Gasteiger partial charge in [-0.25, -0.2) is 8.42 Å². The smallest absolute Gasteiger partial charge is 0.240 e. The Labute approximate surface area is 163 Å². The van der Waals surface area contributed by atoms with Crippen LogP contribution in [0.25, 0.3) is 0 Å². The first-order valence-electron chi connectivity index (χ1n) is 9.71. The zero-order valence-corrected chi connectivity index (χ0v) is 17.5. The van der Waals surface area contributed by atoms with Crippen molar-refractivity contribution >= 4 is 21.6 Å². The molecule has 27 heavy (non-hydrogen) atoms. The highest BCUT2D eigenvalue weighted by Crippen LogP contribution is 2.24. The van der Waals surface area contributed by atoms with Gasteiger partial charge in [-0.1, -0.05) is 31.4 Å². The Balaban J connectivity index is 1.83. The van der Waals surface area contributed by atoms with Crippen LogP contribution in [0.2, 0.25) is 0 Å². The van der Waals surface area contributed by atoms with Gasteiger partial charge < -0.3 is 10.1 Å². The number of amides is 1. The molecule has 1 aliphatic carbocycles. The van der Waals surface area contributed by atoms with Gasteiger partial charge in [0.05, 0.1) is 18.0 Å². The number of nitrogens with one attached hydrogen (secondary N) is 1. The zero-order chi connectivity index (χ0) is 19.9. The van der Waals surface area contributed by atoms with E-state index in [-0.39, 0.29) is 12.5 Å². The lowest BCUT2D eigenvalue weighted by Gasteiger charge is -2.24. The third-order valence-electron chi connectivity index (χ3n) is 5.08. The maximum Gasteiger partial charge on any atom is 0.240 e. The highest BCUT2D eigenvalue weighted by molar-refractivity contribution is 7.92. The Bertz CT molecular complexity index is 727. The minimum absolute atomic E-state index is 0.216. The third-order valence-corrected chi connectivity index (χ3v) is 6.21. The van der Waals surface area contributed by atoms with E-state index < -0.39 is 10.0 Å². The second kappa shape index (κ2) is 10.1. The van der Waals surface area contributed by atoms with Gasteiger partial charge in [0.2, 0.25) is 15.9 Å². The van der Waals surface area contributed by atoms with Crippen molar-refractivity contribution in [3.05, 3.63) is 29.3 Å². The molecule has 0 bridgehead atoms. The number of anilines is 1. The second-order valence-corrected chi connectivity index (χ2v) is 9.23. The molecule has 1 aromatic rings. The van der Waals surface area contributed by atoms with Crippen molar-refractivity contribution in [3.63, 3.8) is 0 Å². The quantitative estimate of drug-likeness (QED) is 0.651. The number of carbonyl (C=O) groups excluding carboxylic acids is 1. The predicted octanol–water partition coefficient (Wildman–Crippen LogP) is 2.93. The van der Waals surface area contributed by atoms with E-state index in [1.54, 1.807) is 12.1 Å². The number of aryl methyl sites for hydroxylation is 1. The number of ether oxygens (including phenoxy) is 1. The second-order valence-electron chi connectivity index (χ2n) is 7.32. The first kappa shape index (κ1) is 21.7. The molecule has 2 rings (SSSR count). The predicted molar refractivity (Wildman–Crippen MR) is 109 cm³/mol. The van der Waals surface area contributed by atoms with Crippen molar-refractivity contribution in [2.45, 2.75) is 58.5 Å². The van der Waals surface area contributed by atoms with Crippen LogP contribution in [0.5, 0.6) is 0 Å². The molecule has 0 unspecified atom stereocenters. The number of nitrogens with zero attached hydrogens (tertiary/aromatic N) is 1. The van der Waals surface area contributed by atoms with Crippen LogP contribution >= 0.6 is 0 Å². The van der Waals surface area contributed by atoms with Crippen LogP contribution in [0.15, 0.2) is 18.2 Å². The maximum atomic E-state index is 12.3. The summed E-state index contributed by atoms with van der Waals surface area (Å²) in [6, 6.07) is 5.46. The number of benzene rings is 1. The normalized spacial score (nSPS) is 15.5. The van der Waals surface area contributed by atoms with Gasteiger partial charge in [0.15, 0.2) is 0 Å². The molecule has 0 radical (unpaired) electrons. The molecule has 0 heterocycles. The molecule has 6 nitrogen and oxygen atoms in total. The fraction of sp³-hybridized carbons (Fsp3) is 0.650. The third kappa shape index (κ3) is 6.81. The average molecular weight is 397 g/mol. The van der Waals surface area contributed by atoms with Crippen LogP contribution in [0.3, 0.4) is 0 Å². The van der Waals surface area contributed by atoms with Crippen molar-refractivity contribution in [2.75, 3.05) is 30.3 Å². The van der Waals surface area contributed by atoms with Gasteiger partial charge in [-0.15, -0.1) is 0 Å². The number of hydrogen-bond donors (Lipinski definition) is 1. The lowest BCUT2D eigenvalue weighted by atomic mass is 9.98. The zero-order valence-electron chi connectivity index (χ0n) is 16.7. The van der Waals surface area contributed by atoms with E-state index in [1.165, 1.54) is 23.6 Å². The molecule has 1 aromatic carbocycles. The molecular weight excluding hydrogens is 364 g/mol. The van der Waals surface area contributed by atoms with Gasteiger partial charge in [0.1, 0.15) is 6.54 Å². The summed E-state index contributed by atoms with van der Waals surface area (Å²) in [5.41, 5.74) is 2.39. The lowest BCUT2D eigenvalue weighted by Crippen LogP contribution is -2.41. The van der Waals surface area contributed by atoms with Gasteiger partial charge >= 0.3 is 0 Å². The standard InChI is InChI=1S/C20H32N2O4S/c1-16-9-7-12-19(17(16)2)22(27(3,24)25)15-20(23)21-13-8-14-26-18-10-5-4-6-11-18/h7,9,12,18H,4-6,8,10-11,13-15H2,1-3H3,(H,21,23). The number of sulfonamides is 1. The summed E-state index contributed by atoms with van der Waals surface area (Å²) in [5, 5.41) is 2.80. The molecule has 1 aliphatic rings. The Kier molecular flexibility index (Phi) is 8.10. The summed E-state index contributed by atoms with van der Waals surface area (Å²) < 4.78 is 31.4. The summed E-state index contributed by atoms with van der Waals surface area (Å²) >= 11 is 0. The Morgan fingerprint density at radius 3 is 2.59 bits per heavy atom. The number of hydrogen-bond acceptors (Lipinski definition) is 4. The summed E-state index contributed by atoms with van der Waals surface area (Å²) in [7, 11) is -3.55. The van der Waals surface area contributed by atoms with Crippen LogP contribution in [0, 0.1) is 13.8 Å². The highest BCUT2D eigenvalue weighted by atomic mass is 32.2. The lowest BCUT2D eigenvalue weighted by molar-refractivity contribution is -0.119. The SMILES string of the molecule is Cc1cccc(N(CC(=O)NCCCOC2CCCCC2)S(C)(=O)=O)c1C. The van der Waals surface area contributed by atoms with Crippen LogP contribution in [0.1, 0.15) is 49.7 Å². The minimum Gasteiger partial charge on any atom is -0.378 e. The van der Waals surface area contributed by atoms with E-state index >= 15 is 0 Å². The van der Waals surface area contributed by atoms with Crippen LogP contribution in [-0.2, 0) is 19.6 Å². The van der Waals surface area contributed by atoms with E-state index in [0.29, 0.717) is 24.9 Å². The summed E-state index contributed by atoms with van der Waals surface area (Å²) in [5.74, 6) is -0.306. The van der Waals surface area contributed by atoms with Crippen LogP contribution in [0.4, 0.5) is 5.69 Å². The van der Waals surface area contributed by atoms with Gasteiger partial charge in [-0.3, -0.25) is 9.10 Å². The summed E-state index contributed by atoms with van der Waals surface area (Å²) in [6.07, 6.45) is 8.25. The van der Waals surface area contributed by atoms with Crippen molar-refractivity contribution in [2.24, 2.45) is 0 Å². The van der Waals surface area contributed by atoms with Gasteiger partial charge in [0.25, 0.3) is 0 Å². The Morgan fingerprint density at radius 1 is 1.22 bits per heavy atom. The minimum atomic E-state index is -3.55. The maximum absolute atomic E-state index is 12.3. The number of carbonyl (C=O) groups is 1. The monoisotopic (exact) mass is 396 g/mol. The van der Waals surface area contributed by atoms with Crippen molar-refractivity contribution in [1.82, 2.24) is 5.32 Å². The van der Waals surface area contributed by atoms with E-state index in [1.807, 2.05) is 19.9 Å². The molecule has 152 valence electrons.